The van der Waals surface area contributed by atoms with Crippen molar-refractivity contribution in [1.29, 1.82) is 0 Å². The molecule has 1 aromatic carbocycles. The lowest BCUT2D eigenvalue weighted by Crippen LogP contribution is -2.37. The van der Waals surface area contributed by atoms with E-state index in [0.29, 0.717) is 23.2 Å². The molecule has 2 rings (SSSR count). The number of hydrogen-bond acceptors (Lipinski definition) is 4. The number of oxime groups is 1. The Labute approximate surface area is 130 Å². The number of hydrogen-bond donors (Lipinski definition) is 2. The molecule has 1 aromatic rings. The molecule has 1 atom stereocenters. The molecule has 0 heterocycles. The van der Waals surface area contributed by atoms with Crippen LogP contribution in [0.25, 0.3) is 0 Å². The molecule has 0 bridgehead atoms. The molecule has 1 unspecified atom stereocenters. The minimum absolute atomic E-state index is 0.0187. The van der Waals surface area contributed by atoms with Crippen LogP contribution in [0.15, 0.2) is 23.4 Å². The summed E-state index contributed by atoms with van der Waals surface area (Å²) in [5.41, 5.74) is 7.17. The number of nitrogens with two attached hydrogens (primary N) is 1. The van der Waals surface area contributed by atoms with Crippen molar-refractivity contribution in [2.75, 3.05) is 25.2 Å². The SMILES string of the molecule is COCCN(c1ccc(C(N)=NO)c(Cl)c1)C(C)C1CC1. The molecule has 0 amide bonds. The van der Waals surface area contributed by atoms with Gasteiger partial charge in [-0.2, -0.15) is 0 Å². The first-order chi connectivity index (χ1) is 10.1. The molecule has 116 valence electrons. The molecular formula is C15H22ClN3O2. The highest BCUT2D eigenvalue weighted by atomic mass is 35.5. The number of halogens is 1. The van der Waals surface area contributed by atoms with Crippen molar-refractivity contribution < 1.29 is 9.94 Å². The lowest BCUT2D eigenvalue weighted by atomic mass is 10.1. The third kappa shape index (κ3) is 3.80. The Balaban J connectivity index is 2.24. The highest BCUT2D eigenvalue weighted by Crippen LogP contribution is 2.37. The molecule has 0 spiro atoms. The maximum Gasteiger partial charge on any atom is 0.171 e. The topological polar surface area (TPSA) is 71.1 Å². The molecule has 1 aliphatic carbocycles. The van der Waals surface area contributed by atoms with Gasteiger partial charge in [0.2, 0.25) is 0 Å². The van der Waals surface area contributed by atoms with E-state index < -0.39 is 0 Å². The first-order valence-electron chi connectivity index (χ1n) is 7.11. The van der Waals surface area contributed by atoms with Crippen molar-refractivity contribution in [3.05, 3.63) is 28.8 Å². The molecule has 5 nitrogen and oxygen atoms in total. The van der Waals surface area contributed by atoms with Gasteiger partial charge in [0.25, 0.3) is 0 Å². The summed E-state index contributed by atoms with van der Waals surface area (Å²) < 4.78 is 5.21. The van der Waals surface area contributed by atoms with E-state index in [4.69, 9.17) is 27.3 Å². The summed E-state index contributed by atoms with van der Waals surface area (Å²) in [4.78, 5) is 2.31. The van der Waals surface area contributed by atoms with Gasteiger partial charge in [-0.25, -0.2) is 0 Å². The zero-order valence-corrected chi connectivity index (χ0v) is 13.2. The van der Waals surface area contributed by atoms with E-state index in [1.54, 1.807) is 13.2 Å². The second-order valence-electron chi connectivity index (χ2n) is 5.41. The van der Waals surface area contributed by atoms with E-state index in [9.17, 15) is 0 Å². The van der Waals surface area contributed by atoms with Gasteiger partial charge in [-0.3, -0.25) is 0 Å². The summed E-state index contributed by atoms with van der Waals surface area (Å²) in [6, 6.07) is 6.05. The molecule has 0 radical (unpaired) electrons. The summed E-state index contributed by atoms with van der Waals surface area (Å²) in [5, 5.41) is 12.2. The number of nitrogens with zero attached hydrogens (tertiary/aromatic N) is 2. The number of rotatable bonds is 7. The van der Waals surface area contributed by atoms with Crippen LogP contribution < -0.4 is 10.6 Å². The average Bonchev–Trinajstić information content (AvgIpc) is 3.31. The van der Waals surface area contributed by atoms with Gasteiger partial charge in [-0.15, -0.1) is 0 Å². The van der Waals surface area contributed by atoms with Crippen molar-refractivity contribution in [1.82, 2.24) is 0 Å². The smallest absolute Gasteiger partial charge is 0.171 e. The number of methoxy groups -OCH3 is 1. The molecular weight excluding hydrogens is 290 g/mol. The summed E-state index contributed by atoms with van der Waals surface area (Å²) in [6.07, 6.45) is 2.56. The summed E-state index contributed by atoms with van der Waals surface area (Å²) in [6.45, 7) is 3.71. The Bertz CT molecular complexity index is 518. The molecule has 3 N–H and O–H groups in total. The van der Waals surface area contributed by atoms with Gasteiger partial charge < -0.3 is 20.6 Å². The van der Waals surface area contributed by atoms with E-state index in [1.165, 1.54) is 12.8 Å². The van der Waals surface area contributed by atoms with Crippen molar-refractivity contribution in [2.24, 2.45) is 16.8 Å². The fraction of sp³-hybridized carbons (Fsp3) is 0.533. The van der Waals surface area contributed by atoms with Crippen molar-refractivity contribution in [3.63, 3.8) is 0 Å². The molecule has 1 fully saturated rings. The Morgan fingerprint density at radius 3 is 2.81 bits per heavy atom. The van der Waals surface area contributed by atoms with E-state index >= 15 is 0 Å². The van der Waals surface area contributed by atoms with Crippen LogP contribution in [0, 0.1) is 5.92 Å². The molecule has 1 saturated carbocycles. The van der Waals surface area contributed by atoms with Crippen LogP contribution in [-0.4, -0.2) is 37.3 Å². The number of benzene rings is 1. The lowest BCUT2D eigenvalue weighted by molar-refractivity contribution is 0.202. The quantitative estimate of drug-likeness (QED) is 0.351. The zero-order chi connectivity index (χ0) is 15.4. The molecule has 21 heavy (non-hydrogen) atoms. The monoisotopic (exact) mass is 311 g/mol. The summed E-state index contributed by atoms with van der Waals surface area (Å²) in [5.74, 6) is 0.759. The van der Waals surface area contributed by atoms with Crippen LogP contribution in [0.4, 0.5) is 5.69 Å². The minimum Gasteiger partial charge on any atom is -0.409 e. The lowest BCUT2D eigenvalue weighted by Gasteiger charge is -2.31. The van der Waals surface area contributed by atoms with Crippen molar-refractivity contribution >= 4 is 23.1 Å². The number of anilines is 1. The second kappa shape index (κ2) is 7.00. The molecule has 1 aliphatic rings. The fourth-order valence-electron chi connectivity index (χ4n) is 2.53. The molecule has 0 saturated heterocycles. The van der Waals surface area contributed by atoms with E-state index in [2.05, 4.69) is 17.0 Å². The van der Waals surface area contributed by atoms with E-state index in [1.807, 2.05) is 12.1 Å². The van der Waals surface area contributed by atoms with Crippen LogP contribution in [-0.2, 0) is 4.74 Å². The van der Waals surface area contributed by atoms with Crippen LogP contribution in [0.3, 0.4) is 0 Å². The second-order valence-corrected chi connectivity index (χ2v) is 5.82. The maximum absolute atomic E-state index is 8.75. The van der Waals surface area contributed by atoms with Crippen molar-refractivity contribution in [2.45, 2.75) is 25.8 Å². The standard InChI is InChI=1S/C15H22ClN3O2/c1-10(11-3-4-11)19(7-8-21-2)12-5-6-13(14(16)9-12)15(17)18-20/h5-6,9-11,20H,3-4,7-8H2,1-2H3,(H2,17,18). The third-order valence-electron chi connectivity index (χ3n) is 4.00. The highest BCUT2D eigenvalue weighted by molar-refractivity contribution is 6.34. The van der Waals surface area contributed by atoms with Crippen LogP contribution in [0.1, 0.15) is 25.3 Å². The molecule has 6 heteroatoms. The maximum atomic E-state index is 8.75. The Kier molecular flexibility index (Phi) is 5.31. The van der Waals surface area contributed by atoms with E-state index in [0.717, 1.165) is 18.2 Å². The zero-order valence-electron chi connectivity index (χ0n) is 12.4. The van der Waals surface area contributed by atoms with Gasteiger partial charge >= 0.3 is 0 Å². The number of ether oxygens (including phenoxy) is 1. The first-order valence-corrected chi connectivity index (χ1v) is 7.49. The predicted molar refractivity (Wildman–Crippen MR) is 85.4 cm³/mol. The van der Waals surface area contributed by atoms with Crippen LogP contribution >= 0.6 is 11.6 Å². The Hall–Kier alpha value is -1.46. The normalized spacial score (nSPS) is 16.8. The van der Waals surface area contributed by atoms with Gasteiger partial charge in [-0.1, -0.05) is 16.8 Å². The third-order valence-corrected chi connectivity index (χ3v) is 4.31. The van der Waals surface area contributed by atoms with Crippen molar-refractivity contribution in [3.8, 4) is 0 Å². The summed E-state index contributed by atoms with van der Waals surface area (Å²) >= 11 is 6.25. The van der Waals surface area contributed by atoms with Crippen LogP contribution in [0.2, 0.25) is 5.02 Å². The van der Waals surface area contributed by atoms with E-state index in [-0.39, 0.29) is 5.84 Å². The van der Waals surface area contributed by atoms with Gasteiger partial charge in [-0.05, 0) is 43.9 Å². The minimum atomic E-state index is 0.0187. The molecule has 0 aliphatic heterocycles. The number of amidine groups is 1. The predicted octanol–water partition coefficient (Wildman–Crippen LogP) is 2.69. The summed E-state index contributed by atoms with van der Waals surface area (Å²) in [7, 11) is 1.70. The van der Waals surface area contributed by atoms with Gasteiger partial charge in [0.05, 0.1) is 11.6 Å². The van der Waals surface area contributed by atoms with Gasteiger partial charge in [0.15, 0.2) is 5.84 Å². The molecule has 0 aromatic heterocycles. The first kappa shape index (κ1) is 15.9. The largest absolute Gasteiger partial charge is 0.409 e. The average molecular weight is 312 g/mol. The fourth-order valence-corrected chi connectivity index (χ4v) is 2.81. The van der Waals surface area contributed by atoms with Crippen LogP contribution in [0.5, 0.6) is 0 Å². The Morgan fingerprint density at radius 2 is 2.29 bits per heavy atom. The highest BCUT2D eigenvalue weighted by Gasteiger charge is 2.32. The van der Waals surface area contributed by atoms with Gasteiger partial charge in [0.1, 0.15) is 0 Å². The van der Waals surface area contributed by atoms with Gasteiger partial charge in [0, 0.05) is 30.9 Å². The Morgan fingerprint density at radius 1 is 1.57 bits per heavy atom.